The second kappa shape index (κ2) is 9.02. The number of thioether (sulfide) groups is 1. The van der Waals surface area contributed by atoms with Gasteiger partial charge in [-0.05, 0) is 20.3 Å². The molecule has 0 aromatic carbocycles. The highest BCUT2D eigenvalue weighted by molar-refractivity contribution is 8.13. The van der Waals surface area contributed by atoms with Crippen LogP contribution in [0.25, 0.3) is 0 Å². The summed E-state index contributed by atoms with van der Waals surface area (Å²) in [5.74, 6) is 0.692. The van der Waals surface area contributed by atoms with Crippen molar-refractivity contribution in [3.8, 4) is 0 Å². The van der Waals surface area contributed by atoms with Crippen LogP contribution in [0.3, 0.4) is 0 Å². The molecule has 0 rings (SSSR count). The second-order valence-corrected chi connectivity index (χ2v) is 5.26. The average Bonchev–Trinajstić information content (AvgIpc) is 2.24. The zero-order valence-electron chi connectivity index (χ0n) is 10.9. The standard InChI is InChI=1S/C12H24O3S/c1-5-6-7-8-15-12(2,3)11(13)16-10-9-14-4/h5-10H2,1-4H3. The summed E-state index contributed by atoms with van der Waals surface area (Å²) in [4.78, 5) is 11.8. The largest absolute Gasteiger partial charge is 0.384 e. The summed E-state index contributed by atoms with van der Waals surface area (Å²) in [5, 5.41) is 0.0843. The predicted octanol–water partition coefficient (Wildman–Crippen LogP) is 2.88. The van der Waals surface area contributed by atoms with E-state index in [1.54, 1.807) is 7.11 Å². The van der Waals surface area contributed by atoms with E-state index in [4.69, 9.17) is 9.47 Å². The summed E-state index contributed by atoms with van der Waals surface area (Å²) in [6.45, 7) is 7.08. The minimum Gasteiger partial charge on any atom is -0.384 e. The van der Waals surface area contributed by atoms with Gasteiger partial charge >= 0.3 is 0 Å². The first kappa shape index (κ1) is 15.9. The van der Waals surface area contributed by atoms with E-state index in [-0.39, 0.29) is 5.12 Å². The van der Waals surface area contributed by atoms with Gasteiger partial charge in [0.2, 0.25) is 5.12 Å². The lowest BCUT2D eigenvalue weighted by Gasteiger charge is -2.23. The molecule has 0 unspecified atom stereocenters. The molecule has 3 nitrogen and oxygen atoms in total. The molecule has 96 valence electrons. The molecule has 0 saturated heterocycles. The van der Waals surface area contributed by atoms with Gasteiger partial charge < -0.3 is 9.47 Å². The van der Waals surface area contributed by atoms with Crippen LogP contribution in [0.1, 0.15) is 40.0 Å². The summed E-state index contributed by atoms with van der Waals surface area (Å²) < 4.78 is 10.5. The van der Waals surface area contributed by atoms with Gasteiger partial charge in [-0.1, -0.05) is 31.5 Å². The average molecular weight is 248 g/mol. The Morgan fingerprint density at radius 1 is 1.25 bits per heavy atom. The minimum absolute atomic E-state index is 0.0843. The maximum absolute atomic E-state index is 11.8. The van der Waals surface area contributed by atoms with E-state index in [0.29, 0.717) is 19.0 Å². The van der Waals surface area contributed by atoms with E-state index in [0.717, 1.165) is 12.8 Å². The number of unbranched alkanes of at least 4 members (excludes halogenated alkanes) is 2. The van der Waals surface area contributed by atoms with Gasteiger partial charge in [0.05, 0.1) is 6.61 Å². The van der Waals surface area contributed by atoms with Crippen LogP contribution in [0.2, 0.25) is 0 Å². The normalized spacial score (nSPS) is 11.8. The zero-order valence-corrected chi connectivity index (χ0v) is 11.7. The Hall–Kier alpha value is -0.0600. The van der Waals surface area contributed by atoms with Crippen molar-refractivity contribution in [2.45, 2.75) is 45.6 Å². The monoisotopic (exact) mass is 248 g/mol. The quantitative estimate of drug-likeness (QED) is 0.588. The maximum Gasteiger partial charge on any atom is 0.220 e. The van der Waals surface area contributed by atoms with Crippen molar-refractivity contribution in [1.29, 1.82) is 0 Å². The fourth-order valence-corrected chi connectivity index (χ4v) is 1.97. The number of rotatable bonds is 9. The van der Waals surface area contributed by atoms with Gasteiger partial charge in [0.25, 0.3) is 0 Å². The molecule has 16 heavy (non-hydrogen) atoms. The molecule has 0 fully saturated rings. The van der Waals surface area contributed by atoms with Crippen molar-refractivity contribution >= 4 is 16.9 Å². The lowest BCUT2D eigenvalue weighted by atomic mass is 10.1. The summed E-state index contributed by atoms with van der Waals surface area (Å²) in [6, 6.07) is 0. The maximum atomic E-state index is 11.8. The van der Waals surface area contributed by atoms with Gasteiger partial charge in [0.1, 0.15) is 5.60 Å². The van der Waals surface area contributed by atoms with Crippen molar-refractivity contribution in [1.82, 2.24) is 0 Å². The van der Waals surface area contributed by atoms with Crippen molar-refractivity contribution in [2.24, 2.45) is 0 Å². The molecule has 0 radical (unpaired) electrons. The summed E-state index contributed by atoms with van der Waals surface area (Å²) >= 11 is 1.28. The van der Waals surface area contributed by atoms with Crippen LogP contribution in [-0.4, -0.2) is 36.8 Å². The molecular weight excluding hydrogens is 224 g/mol. The molecule has 0 bridgehead atoms. The van der Waals surface area contributed by atoms with Gasteiger partial charge in [-0.15, -0.1) is 0 Å². The van der Waals surface area contributed by atoms with Gasteiger partial charge in [-0.2, -0.15) is 0 Å². The van der Waals surface area contributed by atoms with Crippen LogP contribution < -0.4 is 0 Å². The van der Waals surface area contributed by atoms with Crippen LogP contribution in [0, 0.1) is 0 Å². The first-order chi connectivity index (χ1) is 7.54. The molecule has 0 aliphatic rings. The second-order valence-electron chi connectivity index (χ2n) is 4.19. The molecule has 0 aromatic rings. The van der Waals surface area contributed by atoms with Crippen LogP contribution in [0.15, 0.2) is 0 Å². The lowest BCUT2D eigenvalue weighted by Crippen LogP contribution is -2.33. The smallest absolute Gasteiger partial charge is 0.220 e. The fourth-order valence-electron chi connectivity index (χ4n) is 1.13. The molecule has 0 aliphatic carbocycles. The number of hydrogen-bond acceptors (Lipinski definition) is 4. The van der Waals surface area contributed by atoms with Gasteiger partial charge in [0, 0.05) is 19.5 Å². The molecule has 0 heterocycles. The topological polar surface area (TPSA) is 35.5 Å². The van der Waals surface area contributed by atoms with Crippen LogP contribution in [0.5, 0.6) is 0 Å². The zero-order chi connectivity index (χ0) is 12.4. The molecule has 0 N–H and O–H groups in total. The third-order valence-corrected chi connectivity index (χ3v) is 3.35. The Morgan fingerprint density at radius 3 is 2.50 bits per heavy atom. The van der Waals surface area contributed by atoms with Crippen molar-refractivity contribution in [2.75, 3.05) is 26.1 Å². The van der Waals surface area contributed by atoms with E-state index >= 15 is 0 Å². The third-order valence-electron chi connectivity index (χ3n) is 2.22. The SMILES string of the molecule is CCCCCOC(C)(C)C(=O)SCCOC. The Morgan fingerprint density at radius 2 is 1.94 bits per heavy atom. The molecule has 0 amide bonds. The number of hydrogen-bond donors (Lipinski definition) is 0. The Balaban J connectivity index is 3.77. The van der Waals surface area contributed by atoms with Gasteiger partial charge in [-0.25, -0.2) is 0 Å². The van der Waals surface area contributed by atoms with Crippen LogP contribution in [0.4, 0.5) is 0 Å². The molecule has 4 heteroatoms. The van der Waals surface area contributed by atoms with Gasteiger partial charge in [-0.3, -0.25) is 4.79 Å². The predicted molar refractivity (Wildman–Crippen MR) is 68.9 cm³/mol. The number of ether oxygens (including phenoxy) is 2. The Kier molecular flexibility index (Phi) is 8.99. The Bertz CT molecular complexity index is 193. The van der Waals surface area contributed by atoms with E-state index in [2.05, 4.69) is 6.92 Å². The fraction of sp³-hybridized carbons (Fsp3) is 0.917. The van der Waals surface area contributed by atoms with E-state index < -0.39 is 5.60 Å². The first-order valence-electron chi connectivity index (χ1n) is 5.84. The lowest BCUT2D eigenvalue weighted by molar-refractivity contribution is -0.130. The Labute approximate surface area is 103 Å². The van der Waals surface area contributed by atoms with Crippen molar-refractivity contribution in [3.63, 3.8) is 0 Å². The first-order valence-corrected chi connectivity index (χ1v) is 6.83. The van der Waals surface area contributed by atoms with E-state index in [1.807, 2.05) is 13.8 Å². The molecule has 0 aliphatic heterocycles. The number of methoxy groups -OCH3 is 1. The molecule has 0 saturated carbocycles. The van der Waals surface area contributed by atoms with Crippen LogP contribution in [-0.2, 0) is 14.3 Å². The summed E-state index contributed by atoms with van der Waals surface area (Å²) in [5.41, 5.74) is -0.674. The summed E-state index contributed by atoms with van der Waals surface area (Å²) in [6.07, 6.45) is 3.34. The molecular formula is C12H24O3S. The third kappa shape index (κ3) is 7.25. The van der Waals surface area contributed by atoms with Crippen LogP contribution >= 0.6 is 11.8 Å². The molecule has 0 spiro atoms. The van der Waals surface area contributed by atoms with Crippen molar-refractivity contribution in [3.05, 3.63) is 0 Å². The minimum atomic E-state index is -0.674. The number of carbonyl (C=O) groups is 1. The number of carbonyl (C=O) groups excluding carboxylic acids is 1. The molecule has 0 aromatic heterocycles. The highest BCUT2D eigenvalue weighted by Crippen LogP contribution is 2.19. The highest BCUT2D eigenvalue weighted by atomic mass is 32.2. The van der Waals surface area contributed by atoms with E-state index in [9.17, 15) is 4.79 Å². The highest BCUT2D eigenvalue weighted by Gasteiger charge is 2.28. The molecule has 0 atom stereocenters. The van der Waals surface area contributed by atoms with E-state index in [1.165, 1.54) is 18.2 Å². The van der Waals surface area contributed by atoms with Crippen molar-refractivity contribution < 1.29 is 14.3 Å². The summed E-state index contributed by atoms with van der Waals surface area (Å²) in [7, 11) is 1.64. The van der Waals surface area contributed by atoms with Gasteiger partial charge in [0.15, 0.2) is 0 Å².